The molecule has 5 heteroatoms. The first-order valence-corrected chi connectivity index (χ1v) is 6.32. The van der Waals surface area contributed by atoms with Crippen molar-refractivity contribution in [3.63, 3.8) is 0 Å². The molecule has 0 saturated heterocycles. The Labute approximate surface area is 120 Å². The van der Waals surface area contributed by atoms with Gasteiger partial charge in [-0.2, -0.15) is 0 Å². The molecule has 2 aromatic carbocycles. The highest BCUT2D eigenvalue weighted by Crippen LogP contribution is 2.38. The van der Waals surface area contributed by atoms with Crippen molar-refractivity contribution in [2.45, 2.75) is 5.38 Å². The Balaban J connectivity index is 2.50. The van der Waals surface area contributed by atoms with Crippen molar-refractivity contribution in [2.24, 2.45) is 0 Å². The maximum atomic E-state index is 14.1. The maximum Gasteiger partial charge on any atom is 0.163 e. The summed E-state index contributed by atoms with van der Waals surface area (Å²) in [4.78, 5) is 0. The first-order valence-electron chi connectivity index (χ1n) is 5.88. The van der Waals surface area contributed by atoms with Gasteiger partial charge in [-0.05, 0) is 12.1 Å². The fourth-order valence-corrected chi connectivity index (χ4v) is 2.26. The highest BCUT2D eigenvalue weighted by molar-refractivity contribution is 6.22. The number of alkyl halides is 1. The minimum Gasteiger partial charge on any atom is -0.493 e. The Bertz CT molecular complexity index is 617. The molecule has 0 N–H and O–H groups in total. The molecule has 1 unspecified atom stereocenters. The number of rotatable bonds is 4. The summed E-state index contributed by atoms with van der Waals surface area (Å²) in [6.07, 6.45) is 0. The number of hydrogen-bond donors (Lipinski definition) is 0. The van der Waals surface area contributed by atoms with Crippen molar-refractivity contribution in [3.05, 3.63) is 59.2 Å². The first-order chi connectivity index (χ1) is 9.58. The number of methoxy groups -OCH3 is 2. The average Bonchev–Trinajstić information content (AvgIpc) is 2.46. The maximum absolute atomic E-state index is 14.1. The molecule has 0 radical (unpaired) electrons. The second kappa shape index (κ2) is 6.09. The molecule has 20 heavy (non-hydrogen) atoms. The number of halogens is 3. The SMILES string of the molecule is COc1cc(F)c(C(Cl)c2ccccc2F)cc1OC. The molecular weight excluding hydrogens is 286 g/mol. The highest BCUT2D eigenvalue weighted by Gasteiger charge is 2.21. The molecule has 2 rings (SSSR count). The Morgan fingerprint density at radius 2 is 1.50 bits per heavy atom. The van der Waals surface area contributed by atoms with E-state index >= 15 is 0 Å². The zero-order valence-corrected chi connectivity index (χ0v) is 11.7. The molecule has 0 heterocycles. The van der Waals surface area contributed by atoms with E-state index in [1.165, 1.54) is 38.5 Å². The highest BCUT2D eigenvalue weighted by atomic mass is 35.5. The Morgan fingerprint density at radius 3 is 2.10 bits per heavy atom. The zero-order valence-electron chi connectivity index (χ0n) is 11.0. The van der Waals surface area contributed by atoms with Crippen LogP contribution < -0.4 is 9.47 Å². The lowest BCUT2D eigenvalue weighted by atomic mass is 10.0. The Morgan fingerprint density at radius 1 is 0.900 bits per heavy atom. The summed E-state index contributed by atoms with van der Waals surface area (Å²) in [5, 5.41) is -0.948. The van der Waals surface area contributed by atoms with Gasteiger partial charge in [0.15, 0.2) is 11.5 Å². The van der Waals surface area contributed by atoms with Crippen molar-refractivity contribution >= 4 is 11.6 Å². The van der Waals surface area contributed by atoms with Crippen LogP contribution in [0.1, 0.15) is 16.5 Å². The van der Waals surface area contributed by atoms with E-state index < -0.39 is 17.0 Å². The molecule has 0 saturated carbocycles. The third-order valence-corrected chi connectivity index (χ3v) is 3.42. The monoisotopic (exact) mass is 298 g/mol. The van der Waals surface area contributed by atoms with Crippen LogP contribution in [0, 0.1) is 11.6 Å². The van der Waals surface area contributed by atoms with E-state index in [1.807, 2.05) is 0 Å². The van der Waals surface area contributed by atoms with Gasteiger partial charge in [0.1, 0.15) is 11.6 Å². The van der Waals surface area contributed by atoms with Gasteiger partial charge in [-0.25, -0.2) is 8.78 Å². The summed E-state index contributed by atoms with van der Waals surface area (Å²) in [5.41, 5.74) is 0.342. The van der Waals surface area contributed by atoms with Crippen LogP contribution in [0.5, 0.6) is 11.5 Å². The summed E-state index contributed by atoms with van der Waals surface area (Å²) in [7, 11) is 2.85. The van der Waals surface area contributed by atoms with Gasteiger partial charge in [0.25, 0.3) is 0 Å². The molecule has 2 aromatic rings. The lowest BCUT2D eigenvalue weighted by Crippen LogP contribution is -2.02. The standard InChI is InChI=1S/C15H13ClF2O2/c1-19-13-7-10(12(18)8-14(13)20-2)15(16)9-5-3-4-6-11(9)17/h3-8,15H,1-2H3. The van der Waals surface area contributed by atoms with Gasteiger partial charge < -0.3 is 9.47 Å². The summed E-state index contributed by atoms with van der Waals surface area (Å²) < 4.78 is 37.9. The van der Waals surface area contributed by atoms with Crippen molar-refractivity contribution in [1.82, 2.24) is 0 Å². The molecule has 2 nitrogen and oxygen atoms in total. The predicted octanol–water partition coefficient (Wildman–Crippen LogP) is 4.31. The summed E-state index contributed by atoms with van der Waals surface area (Å²) >= 11 is 6.19. The normalized spacial score (nSPS) is 12.1. The van der Waals surface area contributed by atoms with Crippen LogP contribution in [-0.2, 0) is 0 Å². The molecule has 0 bridgehead atoms. The molecule has 0 aromatic heterocycles. The number of benzene rings is 2. The van der Waals surface area contributed by atoms with Crippen molar-refractivity contribution in [2.75, 3.05) is 14.2 Å². The largest absolute Gasteiger partial charge is 0.493 e. The molecule has 0 aliphatic heterocycles. The van der Waals surface area contributed by atoms with E-state index in [2.05, 4.69) is 0 Å². The fraction of sp³-hybridized carbons (Fsp3) is 0.200. The van der Waals surface area contributed by atoms with Gasteiger partial charge in [0, 0.05) is 17.2 Å². The minimum atomic E-state index is -0.948. The predicted molar refractivity (Wildman–Crippen MR) is 73.6 cm³/mol. The minimum absolute atomic E-state index is 0.134. The molecule has 1 atom stereocenters. The van der Waals surface area contributed by atoms with Gasteiger partial charge in [-0.15, -0.1) is 11.6 Å². The third kappa shape index (κ3) is 2.70. The molecule has 0 amide bonds. The second-order valence-corrected chi connectivity index (χ2v) is 4.55. The summed E-state index contributed by atoms with van der Waals surface area (Å²) in [6.45, 7) is 0. The van der Waals surface area contributed by atoms with Crippen LogP contribution in [0.3, 0.4) is 0 Å². The number of hydrogen-bond acceptors (Lipinski definition) is 2. The van der Waals surface area contributed by atoms with E-state index in [4.69, 9.17) is 21.1 Å². The Kier molecular flexibility index (Phi) is 4.45. The lowest BCUT2D eigenvalue weighted by molar-refractivity contribution is 0.351. The van der Waals surface area contributed by atoms with Crippen LogP contribution in [0.25, 0.3) is 0 Å². The van der Waals surface area contributed by atoms with Crippen LogP contribution in [0.2, 0.25) is 0 Å². The zero-order chi connectivity index (χ0) is 14.7. The van der Waals surface area contributed by atoms with E-state index in [-0.39, 0.29) is 16.9 Å². The molecule has 0 aliphatic carbocycles. The van der Waals surface area contributed by atoms with Gasteiger partial charge >= 0.3 is 0 Å². The van der Waals surface area contributed by atoms with E-state index in [0.717, 1.165) is 0 Å². The molecule has 0 fully saturated rings. The fourth-order valence-electron chi connectivity index (χ4n) is 1.91. The van der Waals surface area contributed by atoms with Crippen molar-refractivity contribution < 1.29 is 18.3 Å². The van der Waals surface area contributed by atoms with Crippen LogP contribution >= 0.6 is 11.6 Å². The topological polar surface area (TPSA) is 18.5 Å². The lowest BCUT2D eigenvalue weighted by Gasteiger charge is -2.15. The second-order valence-electron chi connectivity index (χ2n) is 4.11. The molecule has 106 valence electrons. The van der Waals surface area contributed by atoms with Crippen LogP contribution in [0.4, 0.5) is 8.78 Å². The van der Waals surface area contributed by atoms with Gasteiger partial charge in [-0.3, -0.25) is 0 Å². The third-order valence-electron chi connectivity index (χ3n) is 2.95. The van der Waals surface area contributed by atoms with Gasteiger partial charge in [-0.1, -0.05) is 18.2 Å². The van der Waals surface area contributed by atoms with Gasteiger partial charge in [0.2, 0.25) is 0 Å². The molecule has 0 aliphatic rings. The quantitative estimate of drug-likeness (QED) is 0.783. The average molecular weight is 299 g/mol. The summed E-state index contributed by atoms with van der Waals surface area (Å²) in [5.74, 6) is -0.468. The number of ether oxygens (including phenoxy) is 2. The van der Waals surface area contributed by atoms with Crippen LogP contribution in [-0.4, -0.2) is 14.2 Å². The molecular formula is C15H13ClF2O2. The van der Waals surface area contributed by atoms with E-state index in [9.17, 15) is 8.78 Å². The summed E-state index contributed by atoms with van der Waals surface area (Å²) in [6, 6.07) is 8.58. The first kappa shape index (κ1) is 14.6. The van der Waals surface area contributed by atoms with Crippen molar-refractivity contribution in [3.8, 4) is 11.5 Å². The Hall–Kier alpha value is -1.81. The smallest absolute Gasteiger partial charge is 0.163 e. The van der Waals surface area contributed by atoms with E-state index in [0.29, 0.717) is 5.75 Å². The van der Waals surface area contributed by atoms with Crippen LogP contribution in [0.15, 0.2) is 36.4 Å². The van der Waals surface area contributed by atoms with Crippen molar-refractivity contribution in [1.29, 1.82) is 0 Å². The van der Waals surface area contributed by atoms with E-state index in [1.54, 1.807) is 12.1 Å². The van der Waals surface area contributed by atoms with Gasteiger partial charge in [0.05, 0.1) is 19.6 Å². The molecule has 0 spiro atoms.